The van der Waals surface area contributed by atoms with Crippen molar-refractivity contribution in [1.29, 1.82) is 0 Å². The van der Waals surface area contributed by atoms with Crippen LogP contribution in [0.15, 0.2) is 133 Å². The highest BCUT2D eigenvalue weighted by Gasteiger charge is 2.47. The molecule has 1 unspecified atom stereocenters. The Balaban J connectivity index is 0.00000102. The molecule has 0 heterocycles. The third kappa shape index (κ3) is 30.3. The van der Waals surface area contributed by atoms with Crippen LogP contribution in [0.2, 0.25) is 0 Å². The van der Waals surface area contributed by atoms with E-state index in [1.165, 1.54) is 28.9 Å². The van der Waals surface area contributed by atoms with Crippen LogP contribution in [0.4, 0.5) is 0 Å². The largest absolute Gasteiger partial charge is 0.295 e. The van der Waals surface area contributed by atoms with Gasteiger partial charge >= 0.3 is 0 Å². The molecule has 7 aliphatic carbocycles. The summed E-state index contributed by atoms with van der Waals surface area (Å²) in [6.07, 6.45) is 28.6. The molecule has 0 spiro atoms. The summed E-state index contributed by atoms with van der Waals surface area (Å²) in [5.41, 5.74) is 6.79. The van der Waals surface area contributed by atoms with Gasteiger partial charge in [0.25, 0.3) is 0 Å². The molecule has 0 aromatic heterocycles. The van der Waals surface area contributed by atoms with Gasteiger partial charge in [-0.1, -0.05) is 105 Å². The second kappa shape index (κ2) is 46.8. The van der Waals surface area contributed by atoms with Crippen molar-refractivity contribution in [3.05, 3.63) is 133 Å². The lowest BCUT2D eigenvalue weighted by molar-refractivity contribution is -0.131. The molecule has 7 rings (SSSR count). The Kier molecular flexibility index (Phi) is 46.7. The zero-order valence-electron chi connectivity index (χ0n) is 44.2. The monoisotopic (exact) mass is 1500 g/mol. The third-order valence-electron chi connectivity index (χ3n) is 13.3. The first-order valence-corrected chi connectivity index (χ1v) is 50.9. The van der Waals surface area contributed by atoms with Gasteiger partial charge in [-0.15, -0.1) is 13.2 Å². The molecule has 458 valence electrons. The van der Waals surface area contributed by atoms with E-state index in [1.54, 1.807) is 187 Å². The van der Waals surface area contributed by atoms with Gasteiger partial charge in [0.2, 0.25) is 0 Å². The van der Waals surface area contributed by atoms with E-state index in [1.807, 2.05) is 65.0 Å². The van der Waals surface area contributed by atoms with Crippen LogP contribution >= 0.6 is 0 Å². The zero-order chi connectivity index (χ0) is 58.3. The highest BCUT2D eigenvalue weighted by molar-refractivity contribution is 8.78. The van der Waals surface area contributed by atoms with Crippen LogP contribution in [-0.2, 0) is 220 Å². The van der Waals surface area contributed by atoms with E-state index >= 15 is 0 Å². The minimum Gasteiger partial charge on any atom is -0.295 e. The summed E-state index contributed by atoms with van der Waals surface area (Å²) in [4.78, 5) is 71.0. The molecule has 0 bridgehead atoms. The molecule has 0 N–H and O–H groups in total. The van der Waals surface area contributed by atoms with Crippen LogP contribution in [0.3, 0.4) is 0 Å². The van der Waals surface area contributed by atoms with Gasteiger partial charge in [-0.3, -0.25) is 28.8 Å². The zero-order valence-corrected chi connectivity index (χ0v) is 61.4. The van der Waals surface area contributed by atoms with Crippen LogP contribution < -0.4 is 0 Å². The van der Waals surface area contributed by atoms with Gasteiger partial charge in [-0.2, -0.15) is 0 Å². The van der Waals surface area contributed by atoms with Crippen LogP contribution in [0, 0.1) is 59.2 Å². The Morgan fingerprint density at radius 1 is 0.476 bits per heavy atom. The SMILES string of the molecule is C.C.C.C=C(C)[C@H]1CC=CC(=O)C1.C=CC1CC(C)=CC(=O)[C@@H]1[C@H]1C(=O)C=CC[C@@H]1C(=C)C.C=C[C@@H]1CC(=O)C=C(C)C1.CC1=CC(=O)[C@@H]2[C@H]3C(=O)C=CC[C@@H]3C(C)=C[C@H]2C1.S=S=S=S=S=S=S=S=S=S=S=S=S=S=S=S=S=S=S=S=S. The topological polar surface area (TPSA) is 102 Å². The summed E-state index contributed by atoms with van der Waals surface area (Å²) in [5, 5.41) is 0. The Labute approximate surface area is 554 Å². The molecule has 82 heavy (non-hydrogen) atoms. The van der Waals surface area contributed by atoms with Crippen molar-refractivity contribution >= 4 is 226 Å². The maximum Gasteiger partial charge on any atom is 0.160 e. The van der Waals surface area contributed by atoms with Crippen molar-refractivity contribution in [2.45, 2.75) is 115 Å². The first-order chi connectivity index (χ1) is 37.9. The normalized spacial score (nSPS) is 24.9. The van der Waals surface area contributed by atoms with Gasteiger partial charge < -0.3 is 0 Å². The maximum atomic E-state index is 12.5. The number of fused-ring (bicyclic) bond motifs is 3. The Bertz CT molecular complexity index is 3480. The first-order valence-electron chi connectivity index (χ1n) is 24.2. The first kappa shape index (κ1) is 81.8. The summed E-state index contributed by atoms with van der Waals surface area (Å²) in [6, 6.07) is 0. The van der Waals surface area contributed by atoms with Crippen molar-refractivity contribution in [3.8, 4) is 0 Å². The lowest BCUT2D eigenvalue weighted by atomic mass is 9.59. The standard InChI is InChI=1S/C18H22O2.C16H18O2.2C9H12O.3CH4.S21/c1-5-13-9-12(4)10-16(20)17(13)18-14(11(2)3)7-6-8-15(18)19;1-9-6-11-8-10(2)12-4-3-5-13(17)16(12)15(11)14(18)7-9;1-7(2)8-4-3-5-9(10)6-8;1-3-8-4-7(2)5-9(10)6-8;;;;1-3-5-7-9-11-13-15-17-19-21-20-18-16-14-12-10-8-6-4-2/h5-6,8,10,13-14,17-18H,1-2,7,9H2,3-4H3;3,5,7-8,11-12,15-16H,4,6H2,1-2H3;2*3,5,8H,1,4,6H2,2H3;3*1H4;/t13?,14-,17-,18-;11-,12-,15-,16-;2*8-;;;;/m1100..../s1. The molecule has 0 aromatic carbocycles. The fraction of sp³-hybridized carbons (Fsp3) is 0.491. The Morgan fingerprint density at radius 3 is 1.37 bits per heavy atom. The second-order valence-corrected chi connectivity index (χ2v) is 52.5. The number of rotatable bonds is 5. The summed E-state index contributed by atoms with van der Waals surface area (Å²) in [5.74, 6) is 1.52. The van der Waals surface area contributed by atoms with Gasteiger partial charge in [-0.25, -0.2) is 0 Å². The number of carbonyl (C=O) groups excluding carboxylic acids is 6. The fourth-order valence-corrected chi connectivity index (χ4v) is 56.6. The van der Waals surface area contributed by atoms with Crippen LogP contribution in [-0.4, -0.2) is 34.7 Å². The van der Waals surface area contributed by atoms with Crippen molar-refractivity contribution in [1.82, 2.24) is 0 Å². The highest BCUT2D eigenvalue weighted by atomic mass is 33.5. The molecule has 0 radical (unpaired) electrons. The molecule has 10 atom stereocenters. The molecule has 0 saturated carbocycles. The summed E-state index contributed by atoms with van der Waals surface area (Å²) >= 11 is 9.52. The van der Waals surface area contributed by atoms with Gasteiger partial charge in [-0.05, 0) is 152 Å². The predicted molar refractivity (Wildman–Crippen MR) is 409 cm³/mol. The highest BCUT2D eigenvalue weighted by Crippen LogP contribution is 2.47. The van der Waals surface area contributed by atoms with E-state index in [4.69, 9.17) is 22.4 Å². The van der Waals surface area contributed by atoms with Crippen molar-refractivity contribution in [2.75, 3.05) is 0 Å². The summed E-state index contributed by atoms with van der Waals surface area (Å²) < 4.78 is 0. The maximum absolute atomic E-state index is 12.5. The van der Waals surface area contributed by atoms with Crippen molar-refractivity contribution in [3.63, 3.8) is 0 Å². The van der Waals surface area contributed by atoms with Gasteiger partial charge in [0.1, 0.15) is 0 Å². The van der Waals surface area contributed by atoms with E-state index in [2.05, 4.69) is 39.3 Å². The third-order valence-corrected chi connectivity index (χ3v) is 53.3. The van der Waals surface area contributed by atoms with E-state index in [9.17, 15) is 28.8 Å². The van der Waals surface area contributed by atoms with Gasteiger partial charge in [0.05, 0.1) is 0 Å². The van der Waals surface area contributed by atoms with E-state index < -0.39 is 0 Å². The van der Waals surface area contributed by atoms with E-state index in [0.717, 1.165) is 60.8 Å². The lowest BCUT2D eigenvalue weighted by Gasteiger charge is -2.42. The quantitative estimate of drug-likeness (QED) is 0.251. The summed E-state index contributed by atoms with van der Waals surface area (Å²) in [6.45, 7) is 27.4. The molecule has 0 amide bonds. The predicted octanol–water partition coefficient (Wildman–Crippen LogP) is 12.6. The minimum atomic E-state index is -0.282. The number of hydrogen-bond acceptors (Lipinski definition) is 8. The lowest BCUT2D eigenvalue weighted by Crippen LogP contribution is -2.44. The molecule has 7 aliphatic rings. The molecule has 0 saturated heterocycles. The Hall–Kier alpha value is -0.220. The summed E-state index contributed by atoms with van der Waals surface area (Å²) in [7, 11) is 32.6. The molecule has 0 aromatic rings. The number of allylic oxidation sites excluding steroid dienone is 18. The molecular weight excluding hydrogens is 1430 g/mol. The average molecular weight is 1510 g/mol. The molecule has 0 fully saturated rings. The smallest absolute Gasteiger partial charge is 0.160 e. The molecular formula is C55H76O6S21. The molecule has 27 heteroatoms. The van der Waals surface area contributed by atoms with E-state index in [0.29, 0.717) is 24.7 Å². The van der Waals surface area contributed by atoms with Gasteiger partial charge in [0, 0.05) is 228 Å². The molecule has 6 nitrogen and oxygen atoms in total. The fourth-order valence-electron chi connectivity index (χ4n) is 9.99. The minimum absolute atomic E-state index is 0. The molecule has 0 aliphatic heterocycles. The van der Waals surface area contributed by atoms with Crippen LogP contribution in [0.25, 0.3) is 0 Å². The van der Waals surface area contributed by atoms with Crippen LogP contribution in [0.5, 0.6) is 0 Å². The van der Waals surface area contributed by atoms with Crippen molar-refractivity contribution in [2.24, 2.45) is 59.2 Å². The second-order valence-electron chi connectivity index (χ2n) is 18.9. The number of hydrogen-bond donors (Lipinski definition) is 0. The van der Waals surface area contributed by atoms with Gasteiger partial charge in [0.15, 0.2) is 34.7 Å². The number of carbonyl (C=O) groups is 6. The number of ketones is 6. The van der Waals surface area contributed by atoms with E-state index in [-0.39, 0.29) is 104 Å². The average Bonchev–Trinajstić information content (AvgIpc) is 3.35. The van der Waals surface area contributed by atoms with Crippen molar-refractivity contribution < 1.29 is 28.8 Å². The van der Waals surface area contributed by atoms with Crippen LogP contribution in [0.1, 0.15) is 115 Å². The Morgan fingerprint density at radius 2 is 0.927 bits per heavy atom.